The van der Waals surface area contributed by atoms with Crippen molar-refractivity contribution in [3.8, 4) is 6.07 Å². The van der Waals surface area contributed by atoms with Crippen molar-refractivity contribution in [2.45, 2.75) is 20.3 Å². The van der Waals surface area contributed by atoms with Crippen LogP contribution in [0.15, 0.2) is 18.2 Å². The largest absolute Gasteiger partial charge is 0.395 e. The number of aryl methyl sites for hydroxylation is 1. The fourth-order valence-corrected chi connectivity index (χ4v) is 1.73. The van der Waals surface area contributed by atoms with Crippen LogP contribution in [0.4, 0.5) is 5.69 Å². The van der Waals surface area contributed by atoms with Crippen molar-refractivity contribution in [3.63, 3.8) is 0 Å². The molecule has 0 bridgehead atoms. The second-order valence-electron chi connectivity index (χ2n) is 3.82. The molecule has 0 unspecified atom stereocenters. The summed E-state index contributed by atoms with van der Waals surface area (Å²) in [5.41, 5.74) is 2.77. The summed E-state index contributed by atoms with van der Waals surface area (Å²) >= 11 is 0. The summed E-state index contributed by atoms with van der Waals surface area (Å²) in [6.45, 7) is 5.76. The van der Waals surface area contributed by atoms with Gasteiger partial charge in [0.1, 0.15) is 0 Å². The molecule has 16 heavy (non-hydrogen) atoms. The van der Waals surface area contributed by atoms with Gasteiger partial charge in [-0.25, -0.2) is 0 Å². The van der Waals surface area contributed by atoms with E-state index in [9.17, 15) is 0 Å². The third-order valence-electron chi connectivity index (χ3n) is 2.56. The molecule has 3 heteroatoms. The van der Waals surface area contributed by atoms with Crippen LogP contribution < -0.4 is 4.90 Å². The van der Waals surface area contributed by atoms with Crippen LogP contribution in [-0.4, -0.2) is 24.8 Å². The van der Waals surface area contributed by atoms with Gasteiger partial charge >= 0.3 is 0 Å². The number of rotatable bonds is 5. The molecule has 0 aliphatic heterocycles. The highest BCUT2D eigenvalue weighted by molar-refractivity contribution is 5.53. The molecule has 0 heterocycles. The van der Waals surface area contributed by atoms with Crippen LogP contribution in [0.1, 0.15) is 24.5 Å². The smallest absolute Gasteiger partial charge is 0.0994 e. The topological polar surface area (TPSA) is 47.3 Å². The minimum atomic E-state index is 0.152. The number of hydrogen-bond acceptors (Lipinski definition) is 3. The maximum Gasteiger partial charge on any atom is 0.0994 e. The molecule has 1 aromatic carbocycles. The monoisotopic (exact) mass is 218 g/mol. The Balaban J connectivity index is 2.93. The fraction of sp³-hybridized carbons (Fsp3) is 0.462. The first-order valence-electron chi connectivity index (χ1n) is 5.59. The summed E-state index contributed by atoms with van der Waals surface area (Å²) in [7, 11) is 0. The standard InChI is InChI=1S/C13H18N2O/c1-3-6-15(7-8-16)13-5-4-12(10-14)11(2)9-13/h4-5,9,16H,3,6-8H2,1-2H3. The third kappa shape index (κ3) is 2.98. The molecule has 0 saturated carbocycles. The molecule has 0 aliphatic carbocycles. The average molecular weight is 218 g/mol. The summed E-state index contributed by atoms with van der Waals surface area (Å²) in [4.78, 5) is 2.13. The van der Waals surface area contributed by atoms with Gasteiger partial charge in [0, 0.05) is 18.8 Å². The van der Waals surface area contributed by atoms with E-state index in [1.807, 2.05) is 25.1 Å². The zero-order chi connectivity index (χ0) is 12.0. The van der Waals surface area contributed by atoms with Gasteiger partial charge in [-0.2, -0.15) is 5.26 Å². The van der Waals surface area contributed by atoms with E-state index in [1.54, 1.807) is 0 Å². The van der Waals surface area contributed by atoms with Crippen molar-refractivity contribution >= 4 is 5.69 Å². The maximum absolute atomic E-state index is 9.00. The molecular weight excluding hydrogens is 200 g/mol. The Morgan fingerprint density at radius 3 is 2.62 bits per heavy atom. The highest BCUT2D eigenvalue weighted by Crippen LogP contribution is 2.18. The Morgan fingerprint density at radius 2 is 2.12 bits per heavy atom. The molecule has 1 N–H and O–H groups in total. The van der Waals surface area contributed by atoms with Crippen molar-refractivity contribution in [2.24, 2.45) is 0 Å². The molecule has 0 amide bonds. The number of benzene rings is 1. The summed E-state index contributed by atoms with van der Waals surface area (Å²) in [5, 5.41) is 17.9. The first-order valence-corrected chi connectivity index (χ1v) is 5.59. The van der Waals surface area contributed by atoms with E-state index in [1.165, 1.54) is 0 Å². The summed E-state index contributed by atoms with van der Waals surface area (Å²) < 4.78 is 0. The van der Waals surface area contributed by atoms with E-state index in [2.05, 4.69) is 17.9 Å². The van der Waals surface area contributed by atoms with Gasteiger partial charge in [-0.05, 0) is 37.1 Å². The van der Waals surface area contributed by atoms with Crippen molar-refractivity contribution < 1.29 is 5.11 Å². The van der Waals surface area contributed by atoms with Crippen molar-refractivity contribution in [1.29, 1.82) is 5.26 Å². The Kier molecular flexibility index (Phi) is 4.81. The second-order valence-corrected chi connectivity index (χ2v) is 3.82. The average Bonchev–Trinajstić information content (AvgIpc) is 2.28. The Labute approximate surface area is 96.9 Å². The number of aliphatic hydroxyl groups excluding tert-OH is 1. The third-order valence-corrected chi connectivity index (χ3v) is 2.56. The van der Waals surface area contributed by atoms with Crippen LogP contribution in [0.3, 0.4) is 0 Å². The van der Waals surface area contributed by atoms with Crippen LogP contribution in [0.25, 0.3) is 0 Å². The summed E-state index contributed by atoms with van der Waals surface area (Å²) in [6, 6.07) is 7.94. The van der Waals surface area contributed by atoms with E-state index < -0.39 is 0 Å². The van der Waals surface area contributed by atoms with Gasteiger partial charge in [0.2, 0.25) is 0 Å². The van der Waals surface area contributed by atoms with Crippen LogP contribution >= 0.6 is 0 Å². The molecule has 86 valence electrons. The summed E-state index contributed by atoms with van der Waals surface area (Å²) in [5.74, 6) is 0. The van der Waals surface area contributed by atoms with Crippen molar-refractivity contribution in [3.05, 3.63) is 29.3 Å². The van der Waals surface area contributed by atoms with E-state index in [0.29, 0.717) is 12.1 Å². The Bertz CT molecular complexity index is 376. The maximum atomic E-state index is 9.00. The number of nitrogens with zero attached hydrogens (tertiary/aromatic N) is 2. The van der Waals surface area contributed by atoms with Gasteiger partial charge in [0.05, 0.1) is 18.2 Å². The van der Waals surface area contributed by atoms with E-state index in [4.69, 9.17) is 10.4 Å². The van der Waals surface area contributed by atoms with Crippen molar-refractivity contribution in [2.75, 3.05) is 24.6 Å². The molecule has 0 spiro atoms. The van der Waals surface area contributed by atoms with Crippen LogP contribution in [-0.2, 0) is 0 Å². The number of aliphatic hydroxyl groups is 1. The molecule has 3 nitrogen and oxygen atoms in total. The highest BCUT2D eigenvalue weighted by atomic mass is 16.3. The second kappa shape index (κ2) is 6.14. The Morgan fingerprint density at radius 1 is 1.38 bits per heavy atom. The van der Waals surface area contributed by atoms with Crippen LogP contribution in [0.2, 0.25) is 0 Å². The molecule has 0 aliphatic rings. The molecule has 0 aromatic heterocycles. The minimum absolute atomic E-state index is 0.152. The lowest BCUT2D eigenvalue weighted by atomic mass is 10.1. The molecule has 1 rings (SSSR count). The van der Waals surface area contributed by atoms with Gasteiger partial charge in [-0.1, -0.05) is 6.92 Å². The summed E-state index contributed by atoms with van der Waals surface area (Å²) in [6.07, 6.45) is 1.04. The van der Waals surface area contributed by atoms with Gasteiger partial charge in [0.25, 0.3) is 0 Å². The van der Waals surface area contributed by atoms with E-state index >= 15 is 0 Å². The normalized spacial score (nSPS) is 9.88. The predicted molar refractivity (Wildman–Crippen MR) is 65.5 cm³/mol. The SMILES string of the molecule is CCCN(CCO)c1ccc(C#N)c(C)c1. The zero-order valence-corrected chi connectivity index (χ0v) is 9.90. The quantitative estimate of drug-likeness (QED) is 0.823. The first-order chi connectivity index (χ1) is 7.72. The van der Waals surface area contributed by atoms with Crippen LogP contribution in [0, 0.1) is 18.3 Å². The van der Waals surface area contributed by atoms with Gasteiger partial charge < -0.3 is 10.0 Å². The number of anilines is 1. The minimum Gasteiger partial charge on any atom is -0.395 e. The molecule has 0 radical (unpaired) electrons. The van der Waals surface area contributed by atoms with E-state index in [0.717, 1.165) is 24.2 Å². The first kappa shape index (κ1) is 12.5. The van der Waals surface area contributed by atoms with Crippen molar-refractivity contribution in [1.82, 2.24) is 0 Å². The number of nitriles is 1. The molecule has 0 atom stereocenters. The van der Waals surface area contributed by atoms with Gasteiger partial charge in [-0.15, -0.1) is 0 Å². The predicted octanol–water partition coefficient (Wildman–Crippen LogP) is 2.08. The lowest BCUT2D eigenvalue weighted by Gasteiger charge is -2.23. The lowest BCUT2D eigenvalue weighted by molar-refractivity contribution is 0.302. The molecule has 0 saturated heterocycles. The Hall–Kier alpha value is -1.53. The zero-order valence-electron chi connectivity index (χ0n) is 9.90. The van der Waals surface area contributed by atoms with Gasteiger partial charge in [-0.3, -0.25) is 0 Å². The molecular formula is C13H18N2O. The lowest BCUT2D eigenvalue weighted by Crippen LogP contribution is -2.27. The number of hydrogen-bond donors (Lipinski definition) is 1. The van der Waals surface area contributed by atoms with Gasteiger partial charge in [0.15, 0.2) is 0 Å². The molecule has 1 aromatic rings. The van der Waals surface area contributed by atoms with E-state index in [-0.39, 0.29) is 6.61 Å². The molecule has 0 fully saturated rings. The highest BCUT2D eigenvalue weighted by Gasteiger charge is 2.06. The van der Waals surface area contributed by atoms with Crippen LogP contribution in [0.5, 0.6) is 0 Å². The fourth-order valence-electron chi connectivity index (χ4n) is 1.73.